The van der Waals surface area contributed by atoms with Crippen molar-refractivity contribution in [2.45, 2.75) is 19.3 Å². The Morgan fingerprint density at radius 3 is 2.41 bits per heavy atom. The SMILES string of the molecule is O=C1CCC(=O)CN(OC(=O)C2CCOC2)C1. The number of carbonyl (C=O) groups is 3. The molecule has 1 atom stereocenters. The van der Waals surface area contributed by atoms with Gasteiger partial charge in [0.2, 0.25) is 0 Å². The lowest BCUT2D eigenvalue weighted by atomic mass is 10.1. The molecule has 6 heteroatoms. The van der Waals surface area contributed by atoms with E-state index in [2.05, 4.69) is 0 Å². The lowest BCUT2D eigenvalue weighted by Crippen LogP contribution is -2.36. The number of ketones is 2. The lowest BCUT2D eigenvalue weighted by molar-refractivity contribution is -0.194. The largest absolute Gasteiger partial charge is 0.381 e. The normalized spacial score (nSPS) is 26.9. The van der Waals surface area contributed by atoms with E-state index in [-0.39, 0.29) is 43.4 Å². The number of hydrogen-bond acceptors (Lipinski definition) is 6. The fourth-order valence-corrected chi connectivity index (χ4v) is 1.87. The van der Waals surface area contributed by atoms with Crippen molar-refractivity contribution in [2.24, 2.45) is 5.92 Å². The monoisotopic (exact) mass is 241 g/mol. The van der Waals surface area contributed by atoms with Gasteiger partial charge in [0.25, 0.3) is 0 Å². The van der Waals surface area contributed by atoms with Crippen LogP contribution in [-0.4, -0.2) is 48.9 Å². The highest BCUT2D eigenvalue weighted by atomic mass is 16.7. The average molecular weight is 241 g/mol. The van der Waals surface area contributed by atoms with Crippen LogP contribution in [0.15, 0.2) is 0 Å². The molecule has 2 saturated heterocycles. The molecule has 1 unspecified atom stereocenters. The highest BCUT2D eigenvalue weighted by molar-refractivity contribution is 5.90. The van der Waals surface area contributed by atoms with Crippen LogP contribution in [0.1, 0.15) is 19.3 Å². The van der Waals surface area contributed by atoms with E-state index in [1.54, 1.807) is 0 Å². The van der Waals surface area contributed by atoms with E-state index in [4.69, 9.17) is 9.57 Å². The van der Waals surface area contributed by atoms with Crippen LogP contribution in [0.25, 0.3) is 0 Å². The molecule has 2 aliphatic rings. The summed E-state index contributed by atoms with van der Waals surface area (Å²) in [5.74, 6) is -0.842. The van der Waals surface area contributed by atoms with Crippen LogP contribution in [0, 0.1) is 5.92 Å². The summed E-state index contributed by atoms with van der Waals surface area (Å²) in [7, 11) is 0. The molecule has 0 amide bonds. The molecule has 0 aromatic heterocycles. The maximum absolute atomic E-state index is 11.7. The van der Waals surface area contributed by atoms with Gasteiger partial charge >= 0.3 is 5.97 Å². The molecule has 2 rings (SSSR count). The Bertz CT molecular complexity index is 317. The quantitative estimate of drug-likeness (QED) is 0.661. The van der Waals surface area contributed by atoms with Crippen LogP contribution in [0.3, 0.4) is 0 Å². The second kappa shape index (κ2) is 5.37. The van der Waals surface area contributed by atoms with Gasteiger partial charge < -0.3 is 9.57 Å². The topological polar surface area (TPSA) is 72.9 Å². The van der Waals surface area contributed by atoms with Crippen molar-refractivity contribution in [2.75, 3.05) is 26.3 Å². The number of nitrogens with zero attached hydrogens (tertiary/aromatic N) is 1. The molecular weight excluding hydrogens is 226 g/mol. The first-order valence-electron chi connectivity index (χ1n) is 5.73. The van der Waals surface area contributed by atoms with E-state index in [1.165, 1.54) is 5.06 Å². The van der Waals surface area contributed by atoms with Gasteiger partial charge in [-0.05, 0) is 6.42 Å². The molecule has 0 aromatic carbocycles. The lowest BCUT2D eigenvalue weighted by Gasteiger charge is -2.19. The summed E-state index contributed by atoms with van der Waals surface area (Å²) >= 11 is 0. The molecule has 0 N–H and O–H groups in total. The van der Waals surface area contributed by atoms with Gasteiger partial charge in [-0.25, -0.2) is 4.79 Å². The zero-order chi connectivity index (χ0) is 12.3. The Hall–Kier alpha value is -1.27. The maximum Gasteiger partial charge on any atom is 0.330 e. The van der Waals surface area contributed by atoms with Crippen molar-refractivity contribution in [3.05, 3.63) is 0 Å². The molecule has 0 aromatic rings. The average Bonchev–Trinajstić information content (AvgIpc) is 2.74. The molecule has 0 spiro atoms. The molecule has 2 heterocycles. The van der Waals surface area contributed by atoms with Crippen molar-refractivity contribution in [3.8, 4) is 0 Å². The molecule has 0 saturated carbocycles. The standard InChI is InChI=1S/C11H15NO5/c13-9-1-2-10(14)6-12(5-9)17-11(15)8-3-4-16-7-8/h8H,1-7H2. The summed E-state index contributed by atoms with van der Waals surface area (Å²) in [5, 5.41) is 1.16. The van der Waals surface area contributed by atoms with Crippen molar-refractivity contribution >= 4 is 17.5 Å². The zero-order valence-corrected chi connectivity index (χ0v) is 9.52. The summed E-state index contributed by atoms with van der Waals surface area (Å²) in [6, 6.07) is 0. The summed E-state index contributed by atoms with van der Waals surface area (Å²) in [6.45, 7) is 0.919. The minimum atomic E-state index is -0.412. The molecule has 94 valence electrons. The third-order valence-corrected chi connectivity index (χ3v) is 2.87. The van der Waals surface area contributed by atoms with Gasteiger partial charge in [0.1, 0.15) is 0 Å². The fraction of sp³-hybridized carbons (Fsp3) is 0.727. The molecule has 0 radical (unpaired) electrons. The number of hydroxylamine groups is 2. The highest BCUT2D eigenvalue weighted by Crippen LogP contribution is 2.15. The van der Waals surface area contributed by atoms with E-state index < -0.39 is 5.97 Å². The van der Waals surface area contributed by atoms with Gasteiger partial charge in [-0.2, -0.15) is 0 Å². The van der Waals surface area contributed by atoms with Crippen molar-refractivity contribution in [3.63, 3.8) is 0 Å². The van der Waals surface area contributed by atoms with Crippen molar-refractivity contribution in [1.29, 1.82) is 0 Å². The molecule has 2 aliphatic heterocycles. The molecule has 6 nitrogen and oxygen atoms in total. The first-order chi connectivity index (χ1) is 8.15. The number of ether oxygens (including phenoxy) is 1. The van der Waals surface area contributed by atoms with Crippen LogP contribution in [0.2, 0.25) is 0 Å². The van der Waals surface area contributed by atoms with E-state index in [0.717, 1.165) is 0 Å². The van der Waals surface area contributed by atoms with Crippen LogP contribution >= 0.6 is 0 Å². The summed E-state index contributed by atoms with van der Waals surface area (Å²) in [6.07, 6.45) is 1.10. The predicted molar refractivity (Wildman–Crippen MR) is 55.8 cm³/mol. The summed E-state index contributed by atoms with van der Waals surface area (Å²) < 4.78 is 5.08. The van der Waals surface area contributed by atoms with E-state index in [9.17, 15) is 14.4 Å². The van der Waals surface area contributed by atoms with Gasteiger partial charge in [0.15, 0.2) is 11.6 Å². The zero-order valence-electron chi connectivity index (χ0n) is 9.52. The summed E-state index contributed by atoms with van der Waals surface area (Å²) in [4.78, 5) is 39.4. The Balaban J connectivity index is 1.89. The molecule has 0 bridgehead atoms. The van der Waals surface area contributed by atoms with Gasteiger partial charge in [-0.15, -0.1) is 5.06 Å². The smallest absolute Gasteiger partial charge is 0.330 e. The van der Waals surface area contributed by atoms with Gasteiger partial charge in [0.05, 0.1) is 25.6 Å². The Kier molecular flexibility index (Phi) is 3.86. The Labute approximate surface area is 98.8 Å². The minimum Gasteiger partial charge on any atom is -0.381 e. The first-order valence-corrected chi connectivity index (χ1v) is 5.73. The van der Waals surface area contributed by atoms with Crippen LogP contribution in [0.4, 0.5) is 0 Å². The second-order valence-electron chi connectivity index (χ2n) is 4.35. The molecule has 17 heavy (non-hydrogen) atoms. The Morgan fingerprint density at radius 2 is 1.88 bits per heavy atom. The molecule has 0 aliphatic carbocycles. The highest BCUT2D eigenvalue weighted by Gasteiger charge is 2.29. The number of Topliss-reactive ketones (excluding diaryl/α,β-unsaturated/α-hetero) is 2. The Morgan fingerprint density at radius 1 is 1.24 bits per heavy atom. The van der Waals surface area contributed by atoms with E-state index >= 15 is 0 Å². The van der Waals surface area contributed by atoms with Gasteiger partial charge in [-0.3, -0.25) is 9.59 Å². The van der Waals surface area contributed by atoms with Crippen LogP contribution < -0.4 is 0 Å². The van der Waals surface area contributed by atoms with Crippen LogP contribution in [0.5, 0.6) is 0 Å². The third kappa shape index (κ3) is 3.34. The van der Waals surface area contributed by atoms with Gasteiger partial charge in [-0.1, -0.05) is 0 Å². The van der Waals surface area contributed by atoms with E-state index in [1.807, 2.05) is 0 Å². The number of carbonyl (C=O) groups excluding carboxylic acids is 3. The first kappa shape index (κ1) is 12.2. The summed E-state index contributed by atoms with van der Waals surface area (Å²) in [5.41, 5.74) is 0. The van der Waals surface area contributed by atoms with E-state index in [0.29, 0.717) is 19.6 Å². The van der Waals surface area contributed by atoms with Crippen molar-refractivity contribution < 1.29 is 24.0 Å². The fourth-order valence-electron chi connectivity index (χ4n) is 1.87. The molecular formula is C11H15NO5. The van der Waals surface area contributed by atoms with Gasteiger partial charge in [0, 0.05) is 19.4 Å². The van der Waals surface area contributed by atoms with Crippen molar-refractivity contribution in [1.82, 2.24) is 5.06 Å². The minimum absolute atomic E-state index is 0.00502. The second-order valence-corrected chi connectivity index (χ2v) is 4.35. The third-order valence-electron chi connectivity index (χ3n) is 2.87. The molecule has 2 fully saturated rings. The number of rotatable bonds is 2. The maximum atomic E-state index is 11.7. The van der Waals surface area contributed by atoms with Crippen LogP contribution in [-0.2, 0) is 24.0 Å². The predicted octanol–water partition coefficient (Wildman–Crippen LogP) is -0.285. The number of hydrogen-bond donors (Lipinski definition) is 0.